The second kappa shape index (κ2) is 7.61. The zero-order valence-corrected chi connectivity index (χ0v) is 14.3. The maximum absolute atomic E-state index is 12.2. The van der Waals surface area contributed by atoms with Crippen LogP contribution in [0.4, 0.5) is 5.82 Å². The molecule has 1 fully saturated rings. The zero-order valence-electron chi connectivity index (χ0n) is 14.3. The number of ether oxygens (including phenoxy) is 1. The first kappa shape index (κ1) is 16.7. The fourth-order valence-electron chi connectivity index (χ4n) is 3.30. The highest BCUT2D eigenvalue weighted by Crippen LogP contribution is 2.29. The minimum atomic E-state index is 0.0762. The summed E-state index contributed by atoms with van der Waals surface area (Å²) in [6.45, 7) is 4.93. The molecule has 7 heteroatoms. The maximum atomic E-state index is 12.2. The first-order valence-electron chi connectivity index (χ1n) is 8.57. The summed E-state index contributed by atoms with van der Waals surface area (Å²) in [4.78, 5) is 26.5. The third-order valence-electron chi connectivity index (χ3n) is 4.68. The van der Waals surface area contributed by atoms with Crippen molar-refractivity contribution in [3.05, 3.63) is 18.1 Å². The van der Waals surface area contributed by atoms with E-state index < -0.39 is 0 Å². The van der Waals surface area contributed by atoms with Crippen molar-refractivity contribution in [1.29, 1.82) is 0 Å². The molecular formula is C17H25N5O2. The molecule has 2 aromatic rings. The first-order valence-corrected chi connectivity index (χ1v) is 8.57. The Balaban J connectivity index is 1.67. The highest BCUT2D eigenvalue weighted by Gasteiger charge is 2.26. The van der Waals surface area contributed by atoms with Crippen molar-refractivity contribution in [3.63, 3.8) is 0 Å². The smallest absolute Gasteiger partial charge is 0.223 e. The lowest BCUT2D eigenvalue weighted by Gasteiger charge is -2.32. The Bertz CT molecular complexity index is 691. The number of nitrogens with zero attached hydrogens (tertiary/aromatic N) is 3. The number of rotatable bonds is 6. The lowest BCUT2D eigenvalue weighted by atomic mass is 9.95. The van der Waals surface area contributed by atoms with Gasteiger partial charge in [-0.25, -0.2) is 9.97 Å². The molecule has 0 atom stereocenters. The van der Waals surface area contributed by atoms with Gasteiger partial charge < -0.3 is 19.9 Å². The summed E-state index contributed by atoms with van der Waals surface area (Å²) in [5, 5.41) is 4.05. The highest BCUT2D eigenvalue weighted by atomic mass is 16.5. The largest absolute Gasteiger partial charge is 0.383 e. The van der Waals surface area contributed by atoms with E-state index in [9.17, 15) is 4.79 Å². The normalized spacial score (nSPS) is 15.8. The van der Waals surface area contributed by atoms with Gasteiger partial charge in [0.25, 0.3) is 0 Å². The van der Waals surface area contributed by atoms with Gasteiger partial charge in [0.05, 0.1) is 12.0 Å². The average molecular weight is 331 g/mol. The molecule has 3 heterocycles. The van der Waals surface area contributed by atoms with Crippen LogP contribution in [0.2, 0.25) is 0 Å². The fourth-order valence-corrected chi connectivity index (χ4v) is 3.30. The first-order chi connectivity index (χ1) is 11.7. The zero-order chi connectivity index (χ0) is 16.9. The van der Waals surface area contributed by atoms with Crippen LogP contribution in [0.25, 0.3) is 11.0 Å². The van der Waals surface area contributed by atoms with Crippen LogP contribution in [-0.4, -0.2) is 54.2 Å². The molecule has 0 aromatic carbocycles. The van der Waals surface area contributed by atoms with Crippen LogP contribution in [0, 0.1) is 5.92 Å². The Hall–Kier alpha value is -2.15. The van der Waals surface area contributed by atoms with Crippen LogP contribution in [0.3, 0.4) is 0 Å². The average Bonchev–Trinajstić information content (AvgIpc) is 3.05. The Morgan fingerprint density at radius 3 is 2.92 bits per heavy atom. The summed E-state index contributed by atoms with van der Waals surface area (Å²) < 4.78 is 4.97. The molecule has 0 saturated carbocycles. The van der Waals surface area contributed by atoms with Crippen molar-refractivity contribution in [2.45, 2.75) is 26.2 Å². The number of methoxy groups -OCH3 is 1. The van der Waals surface area contributed by atoms with Crippen LogP contribution in [0.15, 0.2) is 12.5 Å². The predicted octanol–water partition coefficient (Wildman–Crippen LogP) is 1.50. The third kappa shape index (κ3) is 3.36. The van der Waals surface area contributed by atoms with E-state index in [1.807, 2.05) is 6.20 Å². The van der Waals surface area contributed by atoms with E-state index in [1.165, 1.54) is 5.56 Å². The fraction of sp³-hybridized carbons (Fsp3) is 0.588. The van der Waals surface area contributed by atoms with Crippen molar-refractivity contribution < 1.29 is 9.53 Å². The molecule has 1 aliphatic rings. The SMILES string of the molecule is CCc1c[nH]c2ncnc(N3CCC(C(=O)NCCOC)CC3)c12. The van der Waals surface area contributed by atoms with E-state index in [0.29, 0.717) is 13.2 Å². The van der Waals surface area contributed by atoms with E-state index in [0.717, 1.165) is 49.2 Å². The number of H-pyrrole nitrogens is 1. The molecule has 0 unspecified atom stereocenters. The van der Waals surface area contributed by atoms with E-state index in [1.54, 1.807) is 13.4 Å². The van der Waals surface area contributed by atoms with Crippen LogP contribution in [0.5, 0.6) is 0 Å². The molecule has 130 valence electrons. The standard InChI is InChI=1S/C17H25N5O2/c1-3-12-10-19-15-14(12)16(21-11-20-15)22-7-4-13(5-8-22)17(23)18-6-9-24-2/h10-11,13H,3-9H2,1-2H3,(H,18,23)(H,19,20,21). The third-order valence-corrected chi connectivity index (χ3v) is 4.68. The summed E-state index contributed by atoms with van der Waals surface area (Å²) in [5.74, 6) is 1.19. The second-order valence-electron chi connectivity index (χ2n) is 6.13. The summed E-state index contributed by atoms with van der Waals surface area (Å²) in [5.41, 5.74) is 2.12. The number of hydrogen-bond acceptors (Lipinski definition) is 5. The van der Waals surface area contributed by atoms with Crippen molar-refractivity contribution in [2.24, 2.45) is 5.92 Å². The van der Waals surface area contributed by atoms with Crippen LogP contribution < -0.4 is 10.2 Å². The monoisotopic (exact) mass is 331 g/mol. The van der Waals surface area contributed by atoms with E-state index in [4.69, 9.17) is 4.74 Å². The van der Waals surface area contributed by atoms with Gasteiger partial charge in [-0.15, -0.1) is 0 Å². The Morgan fingerprint density at radius 1 is 1.42 bits per heavy atom. The maximum Gasteiger partial charge on any atom is 0.223 e. The number of aromatic amines is 1. The van der Waals surface area contributed by atoms with Crippen molar-refractivity contribution >= 4 is 22.8 Å². The number of amides is 1. The minimum absolute atomic E-state index is 0.0762. The van der Waals surface area contributed by atoms with Gasteiger partial charge >= 0.3 is 0 Å². The number of hydrogen-bond donors (Lipinski definition) is 2. The number of carbonyl (C=O) groups excluding carboxylic acids is 1. The van der Waals surface area contributed by atoms with Gasteiger partial charge in [-0.2, -0.15) is 0 Å². The Kier molecular flexibility index (Phi) is 5.30. The molecule has 0 bridgehead atoms. The topological polar surface area (TPSA) is 83.1 Å². The molecule has 1 amide bonds. The van der Waals surface area contributed by atoms with Gasteiger partial charge in [-0.3, -0.25) is 4.79 Å². The van der Waals surface area contributed by atoms with Gasteiger partial charge in [0.2, 0.25) is 5.91 Å². The van der Waals surface area contributed by atoms with Gasteiger partial charge in [0, 0.05) is 38.9 Å². The number of aromatic nitrogens is 3. The van der Waals surface area contributed by atoms with Crippen LogP contribution in [0.1, 0.15) is 25.3 Å². The molecule has 0 radical (unpaired) electrons. The van der Waals surface area contributed by atoms with Crippen molar-refractivity contribution in [2.75, 3.05) is 38.3 Å². The van der Waals surface area contributed by atoms with Gasteiger partial charge in [-0.05, 0) is 24.8 Å². The van der Waals surface area contributed by atoms with E-state index in [-0.39, 0.29) is 11.8 Å². The predicted molar refractivity (Wildman–Crippen MR) is 93.1 cm³/mol. The summed E-state index contributed by atoms with van der Waals surface area (Å²) in [6, 6.07) is 0. The van der Waals surface area contributed by atoms with E-state index >= 15 is 0 Å². The number of aryl methyl sites for hydroxylation is 1. The Labute approximate surface area is 141 Å². The molecule has 2 N–H and O–H groups in total. The van der Waals surface area contributed by atoms with Gasteiger partial charge in [0.15, 0.2) is 0 Å². The molecule has 1 saturated heterocycles. The van der Waals surface area contributed by atoms with Crippen LogP contribution in [-0.2, 0) is 16.0 Å². The summed E-state index contributed by atoms with van der Waals surface area (Å²) in [7, 11) is 1.64. The molecule has 24 heavy (non-hydrogen) atoms. The molecule has 3 rings (SSSR count). The lowest BCUT2D eigenvalue weighted by Crippen LogP contribution is -2.41. The number of fused-ring (bicyclic) bond motifs is 1. The molecule has 0 spiro atoms. The van der Waals surface area contributed by atoms with Crippen LogP contribution >= 0.6 is 0 Å². The lowest BCUT2D eigenvalue weighted by molar-refractivity contribution is -0.125. The molecule has 2 aromatic heterocycles. The number of nitrogens with one attached hydrogen (secondary N) is 2. The highest BCUT2D eigenvalue weighted by molar-refractivity contribution is 5.91. The van der Waals surface area contributed by atoms with Crippen molar-refractivity contribution in [3.8, 4) is 0 Å². The summed E-state index contributed by atoms with van der Waals surface area (Å²) >= 11 is 0. The van der Waals surface area contributed by atoms with Gasteiger partial charge in [0.1, 0.15) is 17.8 Å². The quantitative estimate of drug-likeness (QED) is 0.784. The minimum Gasteiger partial charge on any atom is -0.383 e. The van der Waals surface area contributed by atoms with E-state index in [2.05, 4.69) is 32.1 Å². The molecular weight excluding hydrogens is 306 g/mol. The Morgan fingerprint density at radius 2 is 2.21 bits per heavy atom. The molecule has 1 aliphatic heterocycles. The number of carbonyl (C=O) groups is 1. The second-order valence-corrected chi connectivity index (χ2v) is 6.13. The van der Waals surface area contributed by atoms with Gasteiger partial charge in [-0.1, -0.05) is 6.92 Å². The number of anilines is 1. The van der Waals surface area contributed by atoms with Crippen molar-refractivity contribution in [1.82, 2.24) is 20.3 Å². The number of piperidine rings is 1. The molecule has 7 nitrogen and oxygen atoms in total. The summed E-state index contributed by atoms with van der Waals surface area (Å²) in [6.07, 6.45) is 6.25. The molecule has 0 aliphatic carbocycles.